The smallest absolute Gasteiger partial charge is 0.258 e. The molecule has 2 aromatic rings. The number of nitrogens with one attached hydrogen (secondary N) is 1. The predicted octanol–water partition coefficient (Wildman–Crippen LogP) is 1.70. The van der Waals surface area contributed by atoms with Crippen molar-refractivity contribution in [2.75, 3.05) is 11.1 Å². The topological polar surface area (TPSA) is 90.0 Å². The molecule has 116 valence electrons. The van der Waals surface area contributed by atoms with Gasteiger partial charge in [0.05, 0.1) is 0 Å². The van der Waals surface area contributed by atoms with E-state index in [1.54, 1.807) is 13.8 Å². The summed E-state index contributed by atoms with van der Waals surface area (Å²) in [6.07, 6.45) is 0. The van der Waals surface area contributed by atoms with Gasteiger partial charge in [0.2, 0.25) is 11.9 Å². The minimum Gasteiger partial charge on any atom is -0.369 e. The Hall–Kier alpha value is -2.63. The Morgan fingerprint density at radius 3 is 2.59 bits per heavy atom. The van der Waals surface area contributed by atoms with Crippen molar-refractivity contribution in [3.63, 3.8) is 0 Å². The highest BCUT2D eigenvalue weighted by Gasteiger charge is 2.13. The first-order valence-corrected chi connectivity index (χ1v) is 7.01. The fourth-order valence-electron chi connectivity index (χ4n) is 2.15. The molecule has 22 heavy (non-hydrogen) atoms. The third-order valence-electron chi connectivity index (χ3n) is 3.85. The molecule has 0 unspecified atom stereocenters. The second-order valence-electron chi connectivity index (χ2n) is 5.37. The molecule has 0 spiro atoms. The van der Waals surface area contributed by atoms with Gasteiger partial charge >= 0.3 is 0 Å². The molecule has 1 aromatic heterocycles. The molecule has 0 saturated carbocycles. The first kappa shape index (κ1) is 15.8. The van der Waals surface area contributed by atoms with Crippen molar-refractivity contribution < 1.29 is 4.79 Å². The van der Waals surface area contributed by atoms with Crippen molar-refractivity contribution in [2.24, 2.45) is 0 Å². The average molecular weight is 300 g/mol. The van der Waals surface area contributed by atoms with Crippen LogP contribution in [0.2, 0.25) is 0 Å². The second-order valence-corrected chi connectivity index (χ2v) is 5.37. The Balaban J connectivity index is 2.25. The Labute approximate surface area is 129 Å². The van der Waals surface area contributed by atoms with Crippen LogP contribution in [-0.2, 0) is 11.3 Å². The summed E-state index contributed by atoms with van der Waals surface area (Å²) in [5, 5.41) is 2.81. The maximum absolute atomic E-state index is 12.2. The summed E-state index contributed by atoms with van der Waals surface area (Å²) >= 11 is 0. The lowest BCUT2D eigenvalue weighted by Gasteiger charge is -2.13. The summed E-state index contributed by atoms with van der Waals surface area (Å²) < 4.78 is 1.18. The maximum Gasteiger partial charge on any atom is 0.258 e. The zero-order chi connectivity index (χ0) is 16.4. The number of rotatable bonds is 3. The van der Waals surface area contributed by atoms with E-state index in [4.69, 9.17) is 5.73 Å². The number of aryl methyl sites for hydroxylation is 2. The lowest BCUT2D eigenvalue weighted by atomic mass is 10.1. The van der Waals surface area contributed by atoms with Crippen LogP contribution in [-0.4, -0.2) is 15.5 Å². The van der Waals surface area contributed by atoms with Gasteiger partial charge in [-0.2, -0.15) is 0 Å². The fourth-order valence-corrected chi connectivity index (χ4v) is 2.15. The van der Waals surface area contributed by atoms with E-state index >= 15 is 0 Å². The zero-order valence-corrected chi connectivity index (χ0v) is 13.2. The van der Waals surface area contributed by atoms with E-state index in [-0.39, 0.29) is 24.0 Å². The van der Waals surface area contributed by atoms with E-state index in [2.05, 4.69) is 10.3 Å². The molecule has 6 heteroatoms. The van der Waals surface area contributed by atoms with E-state index in [0.29, 0.717) is 11.3 Å². The van der Waals surface area contributed by atoms with Gasteiger partial charge in [0, 0.05) is 16.9 Å². The van der Waals surface area contributed by atoms with E-state index in [1.807, 2.05) is 32.0 Å². The number of nitrogen functional groups attached to an aromatic ring is 1. The molecular weight excluding hydrogens is 280 g/mol. The van der Waals surface area contributed by atoms with Crippen LogP contribution < -0.4 is 16.6 Å². The van der Waals surface area contributed by atoms with Crippen LogP contribution in [0.4, 0.5) is 11.6 Å². The minimum atomic E-state index is -0.312. The van der Waals surface area contributed by atoms with Gasteiger partial charge in [-0.15, -0.1) is 0 Å². The van der Waals surface area contributed by atoms with Gasteiger partial charge < -0.3 is 11.1 Å². The third-order valence-corrected chi connectivity index (χ3v) is 3.85. The Bertz CT molecular complexity index is 793. The highest BCUT2D eigenvalue weighted by atomic mass is 16.2. The highest BCUT2D eigenvalue weighted by molar-refractivity contribution is 5.91. The Morgan fingerprint density at radius 1 is 1.23 bits per heavy atom. The SMILES string of the molecule is Cc1cccc(NC(=O)Cn2c(N)nc(C)c(C)c2=O)c1C. The number of carbonyl (C=O) groups is 1. The molecule has 0 saturated heterocycles. The van der Waals surface area contributed by atoms with E-state index in [1.165, 1.54) is 4.57 Å². The molecule has 0 bridgehead atoms. The number of benzene rings is 1. The monoisotopic (exact) mass is 300 g/mol. The summed E-state index contributed by atoms with van der Waals surface area (Å²) in [5.74, 6) is -0.267. The van der Waals surface area contributed by atoms with E-state index in [0.717, 1.165) is 16.8 Å². The van der Waals surface area contributed by atoms with Crippen LogP contribution in [0.1, 0.15) is 22.4 Å². The molecule has 0 aliphatic rings. The number of nitrogens with two attached hydrogens (primary N) is 1. The molecule has 0 atom stereocenters. The van der Waals surface area contributed by atoms with Crippen molar-refractivity contribution in [1.29, 1.82) is 0 Å². The molecule has 0 aliphatic heterocycles. The molecule has 0 fully saturated rings. The summed E-state index contributed by atoms with van der Waals surface area (Å²) in [6, 6.07) is 5.67. The first-order valence-electron chi connectivity index (χ1n) is 7.01. The van der Waals surface area contributed by atoms with Gasteiger partial charge in [-0.25, -0.2) is 4.98 Å². The summed E-state index contributed by atoms with van der Waals surface area (Å²) in [5.41, 5.74) is 9.35. The molecule has 1 heterocycles. The zero-order valence-electron chi connectivity index (χ0n) is 13.2. The first-order chi connectivity index (χ1) is 10.3. The number of hydrogen-bond acceptors (Lipinski definition) is 4. The van der Waals surface area contributed by atoms with Gasteiger partial charge in [0.25, 0.3) is 5.56 Å². The molecule has 3 N–H and O–H groups in total. The number of hydrogen-bond donors (Lipinski definition) is 2. The molecule has 0 radical (unpaired) electrons. The van der Waals surface area contributed by atoms with Crippen LogP contribution in [0.25, 0.3) is 0 Å². The quantitative estimate of drug-likeness (QED) is 0.902. The average Bonchev–Trinajstić information content (AvgIpc) is 2.46. The maximum atomic E-state index is 12.2. The standard InChI is InChI=1S/C16H20N4O2/c1-9-6-5-7-13(10(9)2)19-14(21)8-20-15(22)11(3)12(4)18-16(20)17/h5-7H,8H2,1-4H3,(H2,17,18)(H,19,21). The highest BCUT2D eigenvalue weighted by Crippen LogP contribution is 2.17. The van der Waals surface area contributed by atoms with Crippen molar-refractivity contribution in [2.45, 2.75) is 34.2 Å². The fraction of sp³-hybridized carbons (Fsp3) is 0.312. The number of nitrogens with zero attached hydrogens (tertiary/aromatic N) is 2. The molecule has 1 aromatic carbocycles. The van der Waals surface area contributed by atoms with Crippen LogP contribution in [0.15, 0.2) is 23.0 Å². The Kier molecular flexibility index (Phi) is 4.30. The number of amides is 1. The summed E-state index contributed by atoms with van der Waals surface area (Å²) in [7, 11) is 0. The van der Waals surface area contributed by atoms with Gasteiger partial charge in [0.15, 0.2) is 0 Å². The Morgan fingerprint density at radius 2 is 1.91 bits per heavy atom. The van der Waals surface area contributed by atoms with Gasteiger partial charge in [0.1, 0.15) is 6.54 Å². The molecule has 0 aliphatic carbocycles. The van der Waals surface area contributed by atoms with Crippen molar-refractivity contribution >= 4 is 17.5 Å². The van der Waals surface area contributed by atoms with Gasteiger partial charge in [-0.05, 0) is 44.9 Å². The molecular formula is C16H20N4O2. The van der Waals surface area contributed by atoms with Crippen molar-refractivity contribution in [3.05, 3.63) is 50.9 Å². The normalized spacial score (nSPS) is 10.5. The molecule has 1 amide bonds. The van der Waals surface area contributed by atoms with Crippen molar-refractivity contribution in [1.82, 2.24) is 9.55 Å². The van der Waals surface area contributed by atoms with Gasteiger partial charge in [-0.1, -0.05) is 12.1 Å². The summed E-state index contributed by atoms with van der Waals surface area (Å²) in [4.78, 5) is 28.5. The third kappa shape index (κ3) is 3.00. The second kappa shape index (κ2) is 6.01. The largest absolute Gasteiger partial charge is 0.369 e. The minimum absolute atomic E-state index is 0.0456. The van der Waals surface area contributed by atoms with Crippen LogP contribution in [0.5, 0.6) is 0 Å². The lowest BCUT2D eigenvalue weighted by Crippen LogP contribution is -2.32. The number of anilines is 2. The predicted molar refractivity (Wildman–Crippen MR) is 86.9 cm³/mol. The number of aromatic nitrogens is 2. The van der Waals surface area contributed by atoms with Crippen LogP contribution >= 0.6 is 0 Å². The van der Waals surface area contributed by atoms with E-state index in [9.17, 15) is 9.59 Å². The molecule has 2 rings (SSSR count). The van der Waals surface area contributed by atoms with Crippen molar-refractivity contribution in [3.8, 4) is 0 Å². The van der Waals surface area contributed by atoms with Crippen LogP contribution in [0, 0.1) is 27.7 Å². The summed E-state index contributed by atoms with van der Waals surface area (Å²) in [6.45, 7) is 7.13. The van der Waals surface area contributed by atoms with Crippen LogP contribution in [0.3, 0.4) is 0 Å². The van der Waals surface area contributed by atoms with E-state index < -0.39 is 0 Å². The van der Waals surface area contributed by atoms with Gasteiger partial charge in [-0.3, -0.25) is 14.2 Å². The number of carbonyl (C=O) groups excluding carboxylic acids is 1. The molecule has 6 nitrogen and oxygen atoms in total. The lowest BCUT2D eigenvalue weighted by molar-refractivity contribution is -0.116.